The Bertz CT molecular complexity index is 750. The summed E-state index contributed by atoms with van der Waals surface area (Å²) in [6, 6.07) is 13.4. The first kappa shape index (κ1) is 19.3. The molecule has 1 atom stereocenters. The van der Waals surface area contributed by atoms with Gasteiger partial charge < -0.3 is 19.1 Å². The van der Waals surface area contributed by atoms with Crippen LogP contribution in [0.3, 0.4) is 0 Å². The molecule has 27 heavy (non-hydrogen) atoms. The summed E-state index contributed by atoms with van der Waals surface area (Å²) in [6.07, 6.45) is -0.256. The van der Waals surface area contributed by atoms with Crippen LogP contribution in [-0.4, -0.2) is 50.3 Å². The van der Waals surface area contributed by atoms with Crippen molar-refractivity contribution in [3.8, 4) is 5.75 Å². The molecular weight excluding hydrogens is 349 g/mol. The summed E-state index contributed by atoms with van der Waals surface area (Å²) in [5.41, 5.74) is 1.44. The van der Waals surface area contributed by atoms with Gasteiger partial charge in [0.05, 0.1) is 19.8 Å². The van der Waals surface area contributed by atoms with Gasteiger partial charge in [0.25, 0.3) is 5.91 Å². The summed E-state index contributed by atoms with van der Waals surface area (Å²) in [7, 11) is 0. The van der Waals surface area contributed by atoms with Crippen LogP contribution in [0.1, 0.15) is 28.9 Å². The fraction of sp³-hybridized carbons (Fsp3) is 0.381. The topological polar surface area (TPSA) is 48.0 Å². The van der Waals surface area contributed by atoms with Gasteiger partial charge in [0.1, 0.15) is 24.3 Å². The minimum absolute atomic E-state index is 0.0688. The first-order valence-electron chi connectivity index (χ1n) is 9.14. The fourth-order valence-corrected chi connectivity index (χ4v) is 2.98. The van der Waals surface area contributed by atoms with E-state index in [1.165, 1.54) is 12.1 Å². The third-order valence-electron chi connectivity index (χ3n) is 4.38. The second kappa shape index (κ2) is 9.48. The smallest absolute Gasteiger partial charge is 0.254 e. The van der Waals surface area contributed by atoms with E-state index in [0.29, 0.717) is 50.8 Å². The van der Waals surface area contributed by atoms with Gasteiger partial charge in [-0.3, -0.25) is 4.79 Å². The van der Waals surface area contributed by atoms with E-state index in [1.807, 2.05) is 13.0 Å². The van der Waals surface area contributed by atoms with Crippen LogP contribution in [0.25, 0.3) is 0 Å². The predicted octanol–water partition coefficient (Wildman–Crippen LogP) is 3.45. The maximum atomic E-state index is 13.1. The molecule has 0 aliphatic carbocycles. The monoisotopic (exact) mass is 373 g/mol. The Morgan fingerprint density at radius 2 is 2.04 bits per heavy atom. The predicted molar refractivity (Wildman–Crippen MR) is 99.4 cm³/mol. The Balaban J connectivity index is 1.63. The molecule has 0 saturated carbocycles. The van der Waals surface area contributed by atoms with Crippen LogP contribution < -0.4 is 4.74 Å². The van der Waals surface area contributed by atoms with Crippen molar-refractivity contribution in [1.82, 2.24) is 4.90 Å². The SMILES string of the molecule is CCOCCOc1cccc(C(=O)N2CCO[C@@H](c3ccc(F)cc3)C2)c1. The van der Waals surface area contributed by atoms with E-state index in [0.717, 1.165) is 5.56 Å². The molecule has 0 N–H and O–H groups in total. The molecule has 1 heterocycles. The number of ether oxygens (including phenoxy) is 3. The molecule has 0 radical (unpaired) electrons. The van der Waals surface area contributed by atoms with Gasteiger partial charge >= 0.3 is 0 Å². The number of morpholine rings is 1. The summed E-state index contributed by atoms with van der Waals surface area (Å²) in [5.74, 6) is 0.285. The highest BCUT2D eigenvalue weighted by molar-refractivity contribution is 5.94. The van der Waals surface area contributed by atoms with Gasteiger partial charge in [-0.15, -0.1) is 0 Å². The average molecular weight is 373 g/mol. The van der Waals surface area contributed by atoms with E-state index in [-0.39, 0.29) is 17.8 Å². The van der Waals surface area contributed by atoms with Gasteiger partial charge in [0.15, 0.2) is 0 Å². The maximum absolute atomic E-state index is 13.1. The molecule has 6 heteroatoms. The van der Waals surface area contributed by atoms with Crippen molar-refractivity contribution < 1.29 is 23.4 Å². The number of rotatable bonds is 7. The van der Waals surface area contributed by atoms with Gasteiger partial charge in [0.2, 0.25) is 0 Å². The van der Waals surface area contributed by atoms with Crippen LogP contribution in [0.15, 0.2) is 48.5 Å². The zero-order valence-electron chi connectivity index (χ0n) is 15.4. The third kappa shape index (κ3) is 5.28. The summed E-state index contributed by atoms with van der Waals surface area (Å²) >= 11 is 0. The molecule has 1 saturated heterocycles. The van der Waals surface area contributed by atoms with Crippen molar-refractivity contribution >= 4 is 5.91 Å². The summed E-state index contributed by atoms with van der Waals surface area (Å²) in [5, 5.41) is 0. The number of hydrogen-bond acceptors (Lipinski definition) is 4. The van der Waals surface area contributed by atoms with Gasteiger partial charge in [-0.1, -0.05) is 18.2 Å². The molecule has 1 amide bonds. The number of carbonyl (C=O) groups excluding carboxylic acids is 1. The van der Waals surface area contributed by atoms with E-state index in [9.17, 15) is 9.18 Å². The molecule has 2 aromatic carbocycles. The highest BCUT2D eigenvalue weighted by Crippen LogP contribution is 2.24. The number of amides is 1. The second-order valence-corrected chi connectivity index (χ2v) is 6.24. The van der Waals surface area contributed by atoms with Crippen molar-refractivity contribution in [2.75, 3.05) is 39.5 Å². The van der Waals surface area contributed by atoms with Gasteiger partial charge in [0, 0.05) is 18.7 Å². The molecule has 1 aliphatic rings. The largest absolute Gasteiger partial charge is 0.491 e. The molecule has 0 bridgehead atoms. The van der Waals surface area contributed by atoms with Crippen molar-refractivity contribution in [1.29, 1.82) is 0 Å². The van der Waals surface area contributed by atoms with Crippen molar-refractivity contribution in [2.24, 2.45) is 0 Å². The summed E-state index contributed by atoms with van der Waals surface area (Å²) in [6.45, 7) is 4.92. The molecule has 2 aromatic rings. The Hall–Kier alpha value is -2.44. The van der Waals surface area contributed by atoms with Crippen LogP contribution in [-0.2, 0) is 9.47 Å². The van der Waals surface area contributed by atoms with Crippen molar-refractivity contribution in [3.63, 3.8) is 0 Å². The van der Waals surface area contributed by atoms with Gasteiger partial charge in [-0.05, 0) is 42.8 Å². The molecule has 0 aromatic heterocycles. The average Bonchev–Trinajstić information content (AvgIpc) is 2.71. The Morgan fingerprint density at radius 1 is 1.22 bits per heavy atom. The van der Waals surface area contributed by atoms with E-state index in [1.54, 1.807) is 35.2 Å². The van der Waals surface area contributed by atoms with Crippen LogP contribution in [0.2, 0.25) is 0 Å². The number of halogens is 1. The molecule has 0 unspecified atom stereocenters. The lowest BCUT2D eigenvalue weighted by Crippen LogP contribution is -2.42. The first-order valence-corrected chi connectivity index (χ1v) is 9.14. The second-order valence-electron chi connectivity index (χ2n) is 6.24. The molecule has 5 nitrogen and oxygen atoms in total. The lowest BCUT2D eigenvalue weighted by atomic mass is 10.1. The maximum Gasteiger partial charge on any atom is 0.254 e. The highest BCUT2D eigenvalue weighted by atomic mass is 19.1. The Labute approximate surface area is 158 Å². The number of carbonyl (C=O) groups is 1. The Morgan fingerprint density at radius 3 is 2.81 bits per heavy atom. The number of nitrogens with zero attached hydrogens (tertiary/aromatic N) is 1. The van der Waals surface area contributed by atoms with Crippen LogP contribution >= 0.6 is 0 Å². The van der Waals surface area contributed by atoms with E-state index < -0.39 is 0 Å². The minimum Gasteiger partial charge on any atom is -0.491 e. The third-order valence-corrected chi connectivity index (χ3v) is 4.38. The molecule has 3 rings (SSSR count). The number of benzene rings is 2. The van der Waals surface area contributed by atoms with Gasteiger partial charge in [-0.2, -0.15) is 0 Å². The zero-order valence-corrected chi connectivity index (χ0v) is 15.4. The van der Waals surface area contributed by atoms with Crippen LogP contribution in [0.5, 0.6) is 5.75 Å². The van der Waals surface area contributed by atoms with Crippen LogP contribution in [0.4, 0.5) is 4.39 Å². The Kier molecular flexibility index (Phi) is 6.79. The number of hydrogen-bond donors (Lipinski definition) is 0. The van der Waals surface area contributed by atoms with E-state index in [4.69, 9.17) is 14.2 Å². The standard InChI is InChI=1S/C21H24FNO4/c1-2-25-12-13-26-19-5-3-4-17(14-19)21(24)23-10-11-27-20(15-23)16-6-8-18(22)9-7-16/h3-9,14,20H,2,10-13,15H2,1H3/t20-/m1/s1. The first-order chi connectivity index (χ1) is 13.2. The lowest BCUT2D eigenvalue weighted by molar-refractivity contribution is -0.0228. The van der Waals surface area contributed by atoms with Gasteiger partial charge in [-0.25, -0.2) is 4.39 Å². The molecule has 1 aliphatic heterocycles. The normalized spacial score (nSPS) is 17.0. The van der Waals surface area contributed by atoms with Crippen molar-refractivity contribution in [2.45, 2.75) is 13.0 Å². The molecule has 1 fully saturated rings. The minimum atomic E-state index is -0.288. The van der Waals surface area contributed by atoms with E-state index in [2.05, 4.69) is 0 Å². The summed E-state index contributed by atoms with van der Waals surface area (Å²) in [4.78, 5) is 14.7. The van der Waals surface area contributed by atoms with Crippen molar-refractivity contribution in [3.05, 3.63) is 65.5 Å². The fourth-order valence-electron chi connectivity index (χ4n) is 2.98. The van der Waals surface area contributed by atoms with Crippen LogP contribution in [0, 0.1) is 5.82 Å². The molecule has 0 spiro atoms. The highest BCUT2D eigenvalue weighted by Gasteiger charge is 2.26. The summed E-state index contributed by atoms with van der Waals surface area (Å²) < 4.78 is 29.8. The quantitative estimate of drug-likeness (QED) is 0.698. The zero-order chi connectivity index (χ0) is 19.1. The molecule has 144 valence electrons. The lowest BCUT2D eigenvalue weighted by Gasteiger charge is -2.33. The van der Waals surface area contributed by atoms with E-state index >= 15 is 0 Å². The molecular formula is C21H24FNO4.